The molecule has 2 aromatic rings. The Morgan fingerprint density at radius 1 is 1.04 bits per heavy atom. The molecule has 0 radical (unpaired) electrons. The van der Waals surface area contributed by atoms with E-state index >= 15 is 0 Å². The van der Waals surface area contributed by atoms with E-state index in [1.807, 2.05) is 48.5 Å². The number of hydrogen-bond donors (Lipinski definition) is 2. The Bertz CT molecular complexity index is 674. The third-order valence-corrected chi connectivity index (χ3v) is 3.77. The molecular formula is C18H19ClN2O2. The maximum absolute atomic E-state index is 12.2. The van der Waals surface area contributed by atoms with E-state index in [1.54, 1.807) is 6.07 Å². The molecule has 3 N–H and O–H groups in total. The summed E-state index contributed by atoms with van der Waals surface area (Å²) in [4.78, 5) is 22.9. The minimum Gasteiger partial charge on any atom is -0.370 e. The Balaban J connectivity index is 2.15. The number of rotatable bonds is 7. The molecule has 0 heterocycles. The van der Waals surface area contributed by atoms with E-state index in [0.717, 1.165) is 11.1 Å². The van der Waals surface area contributed by atoms with Crippen molar-refractivity contribution in [1.29, 1.82) is 0 Å². The van der Waals surface area contributed by atoms with Gasteiger partial charge in [0.05, 0.1) is 0 Å². The van der Waals surface area contributed by atoms with Crippen LogP contribution in [0.2, 0.25) is 5.02 Å². The van der Waals surface area contributed by atoms with Crippen LogP contribution in [0.1, 0.15) is 29.9 Å². The maximum atomic E-state index is 12.2. The minimum atomic E-state index is -0.431. The van der Waals surface area contributed by atoms with Gasteiger partial charge in [-0.25, -0.2) is 0 Å². The van der Waals surface area contributed by atoms with Gasteiger partial charge in [0, 0.05) is 30.3 Å². The molecule has 0 aliphatic carbocycles. The summed E-state index contributed by atoms with van der Waals surface area (Å²) in [6.45, 7) is 0.255. The monoisotopic (exact) mass is 330 g/mol. The summed E-state index contributed by atoms with van der Waals surface area (Å²) in [7, 11) is 0. The fourth-order valence-corrected chi connectivity index (χ4v) is 2.62. The molecule has 0 spiro atoms. The SMILES string of the molecule is NC(=O)CCNC(=O)CC(c1ccccc1)c1cccc(Cl)c1. The summed E-state index contributed by atoms with van der Waals surface area (Å²) in [6.07, 6.45) is 0.419. The van der Waals surface area contributed by atoms with E-state index in [0.29, 0.717) is 5.02 Å². The van der Waals surface area contributed by atoms with Crippen LogP contribution in [0.5, 0.6) is 0 Å². The molecule has 2 rings (SSSR count). The average molecular weight is 331 g/mol. The highest BCUT2D eigenvalue weighted by molar-refractivity contribution is 6.30. The van der Waals surface area contributed by atoms with Gasteiger partial charge in [-0.05, 0) is 23.3 Å². The second-order valence-electron chi connectivity index (χ2n) is 5.29. The highest BCUT2D eigenvalue weighted by atomic mass is 35.5. The first-order chi connectivity index (χ1) is 11.1. The molecule has 0 aliphatic rings. The second kappa shape index (κ2) is 8.34. The average Bonchev–Trinajstić information content (AvgIpc) is 2.53. The zero-order chi connectivity index (χ0) is 16.7. The van der Waals surface area contributed by atoms with Gasteiger partial charge in [0.1, 0.15) is 0 Å². The van der Waals surface area contributed by atoms with Gasteiger partial charge in [-0.1, -0.05) is 54.1 Å². The number of amides is 2. The number of primary amides is 1. The van der Waals surface area contributed by atoms with Crippen LogP contribution in [0, 0.1) is 0 Å². The Morgan fingerprint density at radius 2 is 1.74 bits per heavy atom. The molecule has 5 heteroatoms. The van der Waals surface area contributed by atoms with Crippen molar-refractivity contribution in [3.63, 3.8) is 0 Å². The van der Waals surface area contributed by atoms with Crippen molar-refractivity contribution in [2.75, 3.05) is 6.54 Å². The molecule has 0 aromatic heterocycles. The maximum Gasteiger partial charge on any atom is 0.220 e. The molecule has 0 aliphatic heterocycles. The topological polar surface area (TPSA) is 72.2 Å². The molecule has 1 atom stereocenters. The highest BCUT2D eigenvalue weighted by Gasteiger charge is 2.18. The molecule has 1 unspecified atom stereocenters. The summed E-state index contributed by atoms with van der Waals surface area (Å²) in [5.74, 6) is -0.650. The molecule has 2 amide bonds. The van der Waals surface area contributed by atoms with Crippen molar-refractivity contribution in [1.82, 2.24) is 5.32 Å². The van der Waals surface area contributed by atoms with E-state index in [-0.39, 0.29) is 31.2 Å². The number of halogens is 1. The third-order valence-electron chi connectivity index (χ3n) is 3.54. The third kappa shape index (κ3) is 5.42. The second-order valence-corrected chi connectivity index (χ2v) is 5.73. The van der Waals surface area contributed by atoms with E-state index in [1.165, 1.54) is 0 Å². The van der Waals surface area contributed by atoms with Crippen LogP contribution in [-0.2, 0) is 9.59 Å². The molecule has 0 saturated carbocycles. The van der Waals surface area contributed by atoms with Crippen LogP contribution in [0.3, 0.4) is 0 Å². The molecule has 120 valence electrons. The van der Waals surface area contributed by atoms with Gasteiger partial charge in [-0.3, -0.25) is 9.59 Å². The van der Waals surface area contributed by atoms with Gasteiger partial charge in [0.2, 0.25) is 11.8 Å². The number of nitrogens with one attached hydrogen (secondary N) is 1. The number of benzene rings is 2. The number of hydrogen-bond acceptors (Lipinski definition) is 2. The lowest BCUT2D eigenvalue weighted by atomic mass is 9.88. The first kappa shape index (κ1) is 17.0. The number of nitrogens with two attached hydrogens (primary N) is 1. The van der Waals surface area contributed by atoms with E-state index in [2.05, 4.69) is 5.32 Å². The minimum absolute atomic E-state index is 0.0940. The molecule has 2 aromatic carbocycles. The van der Waals surface area contributed by atoms with Crippen LogP contribution in [0.4, 0.5) is 0 Å². The fraction of sp³-hybridized carbons (Fsp3) is 0.222. The molecule has 0 bridgehead atoms. The summed E-state index contributed by atoms with van der Waals surface area (Å²) < 4.78 is 0. The zero-order valence-corrected chi connectivity index (χ0v) is 13.4. The van der Waals surface area contributed by atoms with E-state index < -0.39 is 5.91 Å². The molecule has 0 saturated heterocycles. The van der Waals surface area contributed by atoms with E-state index in [9.17, 15) is 9.59 Å². The van der Waals surface area contributed by atoms with Crippen molar-refractivity contribution < 1.29 is 9.59 Å². The lowest BCUT2D eigenvalue weighted by molar-refractivity contribution is -0.121. The molecule has 4 nitrogen and oxygen atoms in total. The summed E-state index contributed by atoms with van der Waals surface area (Å²) in [6, 6.07) is 17.3. The smallest absolute Gasteiger partial charge is 0.220 e. The van der Waals surface area contributed by atoms with Crippen molar-refractivity contribution in [3.8, 4) is 0 Å². The first-order valence-electron chi connectivity index (χ1n) is 7.41. The normalized spacial score (nSPS) is 11.7. The Labute approximate surface area is 140 Å². The number of carbonyl (C=O) groups is 2. The van der Waals surface area contributed by atoms with Crippen molar-refractivity contribution in [2.45, 2.75) is 18.8 Å². The van der Waals surface area contributed by atoms with Crippen molar-refractivity contribution >= 4 is 23.4 Å². The van der Waals surface area contributed by atoms with Crippen LogP contribution in [0.15, 0.2) is 54.6 Å². The molecule has 0 fully saturated rings. The molecule has 23 heavy (non-hydrogen) atoms. The van der Waals surface area contributed by atoms with Gasteiger partial charge in [0.15, 0.2) is 0 Å². The van der Waals surface area contributed by atoms with Gasteiger partial charge < -0.3 is 11.1 Å². The largest absolute Gasteiger partial charge is 0.370 e. The van der Waals surface area contributed by atoms with E-state index in [4.69, 9.17) is 17.3 Å². The predicted molar refractivity (Wildman–Crippen MR) is 91.2 cm³/mol. The molecular weight excluding hydrogens is 312 g/mol. The quantitative estimate of drug-likeness (QED) is 0.819. The lowest BCUT2D eigenvalue weighted by Crippen LogP contribution is -2.29. The summed E-state index contributed by atoms with van der Waals surface area (Å²) in [5, 5.41) is 3.36. The van der Waals surface area contributed by atoms with Crippen molar-refractivity contribution in [2.24, 2.45) is 5.73 Å². The van der Waals surface area contributed by atoms with Gasteiger partial charge >= 0.3 is 0 Å². The van der Waals surface area contributed by atoms with Crippen LogP contribution >= 0.6 is 11.6 Å². The zero-order valence-electron chi connectivity index (χ0n) is 12.7. The van der Waals surface area contributed by atoms with Crippen LogP contribution in [0.25, 0.3) is 0 Å². The van der Waals surface area contributed by atoms with Gasteiger partial charge in [-0.2, -0.15) is 0 Å². The van der Waals surface area contributed by atoms with Gasteiger partial charge in [0.25, 0.3) is 0 Å². The fourth-order valence-electron chi connectivity index (χ4n) is 2.42. The Kier molecular flexibility index (Phi) is 6.18. The predicted octanol–water partition coefficient (Wildman–Crippen LogP) is 2.85. The van der Waals surface area contributed by atoms with Gasteiger partial charge in [-0.15, -0.1) is 0 Å². The number of carbonyl (C=O) groups excluding carboxylic acids is 2. The van der Waals surface area contributed by atoms with Crippen LogP contribution in [-0.4, -0.2) is 18.4 Å². The summed E-state index contributed by atoms with van der Waals surface area (Å²) in [5.41, 5.74) is 7.10. The Morgan fingerprint density at radius 3 is 2.39 bits per heavy atom. The Hall–Kier alpha value is -2.33. The standard InChI is InChI=1S/C18H19ClN2O2/c19-15-8-4-7-14(11-15)16(13-5-2-1-3-6-13)12-18(23)21-10-9-17(20)22/h1-8,11,16H,9-10,12H2,(H2,20,22)(H,21,23). The van der Waals surface area contributed by atoms with Crippen LogP contribution < -0.4 is 11.1 Å². The van der Waals surface area contributed by atoms with Crippen molar-refractivity contribution in [3.05, 3.63) is 70.7 Å². The lowest BCUT2D eigenvalue weighted by Gasteiger charge is -2.18. The first-order valence-corrected chi connectivity index (χ1v) is 7.79. The summed E-state index contributed by atoms with van der Waals surface area (Å²) >= 11 is 6.08. The highest BCUT2D eigenvalue weighted by Crippen LogP contribution is 2.29.